The molecular weight excluding hydrogens is 190 g/mol. The molecule has 6 heteroatoms. The van der Waals surface area contributed by atoms with Gasteiger partial charge in [-0.15, -0.1) is 0 Å². The van der Waals surface area contributed by atoms with E-state index >= 15 is 0 Å². The van der Waals surface area contributed by atoms with Gasteiger partial charge in [0.15, 0.2) is 5.11 Å². The summed E-state index contributed by atoms with van der Waals surface area (Å²) < 4.78 is 0. The first kappa shape index (κ1) is 10.2. The second kappa shape index (κ2) is 4.38. The summed E-state index contributed by atoms with van der Waals surface area (Å²) in [5.41, 5.74) is 5.32. The molecule has 0 saturated carbocycles. The van der Waals surface area contributed by atoms with Gasteiger partial charge >= 0.3 is 6.09 Å². The fraction of sp³-hybridized carbons (Fsp3) is 0.714. The zero-order valence-electron chi connectivity index (χ0n) is 7.19. The number of amides is 1. The molecule has 0 radical (unpaired) electrons. The van der Waals surface area contributed by atoms with Crippen molar-refractivity contribution < 1.29 is 9.90 Å². The number of piperidine rings is 1. The number of hydrogen-bond acceptors (Lipinski definition) is 3. The molecule has 4 N–H and O–H groups in total. The first-order valence-electron chi connectivity index (χ1n) is 4.15. The van der Waals surface area contributed by atoms with Crippen molar-refractivity contribution in [2.24, 2.45) is 5.73 Å². The van der Waals surface area contributed by atoms with Gasteiger partial charge in [-0.2, -0.15) is 0 Å². The fourth-order valence-electron chi connectivity index (χ4n) is 1.50. The Morgan fingerprint density at radius 1 is 1.54 bits per heavy atom. The topological polar surface area (TPSA) is 78.6 Å². The van der Waals surface area contributed by atoms with Crippen molar-refractivity contribution in [1.29, 1.82) is 0 Å². The number of nitrogens with two attached hydrogens (primary N) is 1. The molecule has 1 amide bonds. The van der Waals surface area contributed by atoms with E-state index in [9.17, 15) is 4.79 Å². The van der Waals surface area contributed by atoms with Gasteiger partial charge in [0.05, 0.1) is 0 Å². The minimum atomic E-state index is -1.06. The molecule has 74 valence electrons. The minimum absolute atomic E-state index is 0.0561. The monoisotopic (exact) mass is 203 g/mol. The normalized spacial score (nSPS) is 18.2. The second-order valence-corrected chi connectivity index (χ2v) is 3.39. The highest BCUT2D eigenvalue weighted by Crippen LogP contribution is 2.11. The van der Waals surface area contributed by atoms with Crippen molar-refractivity contribution in [1.82, 2.24) is 10.2 Å². The van der Waals surface area contributed by atoms with Crippen LogP contribution in [0.4, 0.5) is 4.79 Å². The highest BCUT2D eigenvalue weighted by Gasteiger charge is 2.26. The van der Waals surface area contributed by atoms with Gasteiger partial charge in [-0.25, -0.2) is 4.79 Å². The Bertz CT molecular complexity index is 202. The van der Waals surface area contributed by atoms with Crippen LogP contribution >= 0.6 is 12.2 Å². The van der Waals surface area contributed by atoms with Gasteiger partial charge < -0.3 is 16.2 Å². The molecule has 1 rings (SSSR count). The smallest absolute Gasteiger partial charge is 0.413 e. The van der Waals surface area contributed by atoms with Crippen molar-refractivity contribution in [2.45, 2.75) is 18.9 Å². The molecule has 13 heavy (non-hydrogen) atoms. The van der Waals surface area contributed by atoms with E-state index in [-0.39, 0.29) is 11.2 Å². The van der Waals surface area contributed by atoms with Crippen LogP contribution in [-0.4, -0.2) is 40.3 Å². The molecular formula is C7H13N3O2S. The molecule has 0 aromatic rings. The number of carboxylic acid groups (broad SMARTS) is 1. The summed E-state index contributed by atoms with van der Waals surface area (Å²) in [6, 6.07) is -0.0590. The second-order valence-electron chi connectivity index (χ2n) is 2.97. The van der Waals surface area contributed by atoms with Gasteiger partial charge in [-0.1, -0.05) is 0 Å². The molecule has 1 aliphatic rings. The van der Waals surface area contributed by atoms with Crippen LogP contribution in [-0.2, 0) is 0 Å². The maximum atomic E-state index is 10.8. The van der Waals surface area contributed by atoms with Crippen molar-refractivity contribution in [3.8, 4) is 0 Å². The average Bonchev–Trinajstić information content (AvgIpc) is 2.04. The lowest BCUT2D eigenvalue weighted by Gasteiger charge is -2.31. The molecule has 1 fully saturated rings. The van der Waals surface area contributed by atoms with E-state index in [0.29, 0.717) is 0 Å². The van der Waals surface area contributed by atoms with Crippen molar-refractivity contribution in [3.05, 3.63) is 0 Å². The van der Waals surface area contributed by atoms with Crippen LogP contribution in [0.5, 0.6) is 0 Å². The quantitative estimate of drug-likeness (QED) is 0.521. The molecule has 0 aromatic carbocycles. The number of thiocarbonyl (C=S) groups is 1. The molecule has 1 aliphatic heterocycles. The van der Waals surface area contributed by atoms with Gasteiger partial charge in [0.1, 0.15) is 0 Å². The SMILES string of the molecule is NC(=S)N(C(=O)O)C1CCNCC1. The van der Waals surface area contributed by atoms with Gasteiger partial charge in [0.25, 0.3) is 0 Å². The summed E-state index contributed by atoms with van der Waals surface area (Å²) in [6.07, 6.45) is 0.479. The van der Waals surface area contributed by atoms with E-state index < -0.39 is 6.09 Å². The third-order valence-electron chi connectivity index (χ3n) is 2.12. The molecule has 0 bridgehead atoms. The fourth-order valence-corrected chi connectivity index (χ4v) is 1.72. The van der Waals surface area contributed by atoms with Gasteiger partial charge in [-0.3, -0.25) is 4.90 Å². The van der Waals surface area contributed by atoms with Crippen LogP contribution in [0.3, 0.4) is 0 Å². The summed E-state index contributed by atoms with van der Waals surface area (Å²) in [5.74, 6) is 0. The van der Waals surface area contributed by atoms with Crippen molar-refractivity contribution >= 4 is 23.4 Å². The Labute approximate surface area is 81.9 Å². The Hall–Kier alpha value is -0.880. The van der Waals surface area contributed by atoms with Crippen LogP contribution in [0.1, 0.15) is 12.8 Å². The lowest BCUT2D eigenvalue weighted by molar-refractivity contribution is 0.149. The van der Waals surface area contributed by atoms with Crippen LogP contribution < -0.4 is 11.1 Å². The Kier molecular flexibility index (Phi) is 3.44. The van der Waals surface area contributed by atoms with Crippen molar-refractivity contribution in [2.75, 3.05) is 13.1 Å². The third-order valence-corrected chi connectivity index (χ3v) is 2.31. The Morgan fingerprint density at radius 3 is 2.46 bits per heavy atom. The van der Waals surface area contributed by atoms with Crippen LogP contribution in [0.25, 0.3) is 0 Å². The number of hydrogen-bond donors (Lipinski definition) is 3. The summed E-state index contributed by atoms with van der Waals surface area (Å²) in [5, 5.41) is 11.9. The molecule has 0 unspecified atom stereocenters. The molecule has 0 spiro atoms. The average molecular weight is 203 g/mol. The van der Waals surface area contributed by atoms with Crippen LogP contribution in [0.15, 0.2) is 0 Å². The predicted molar refractivity (Wildman–Crippen MR) is 52.5 cm³/mol. The maximum Gasteiger partial charge on any atom is 0.413 e. The lowest BCUT2D eigenvalue weighted by Crippen LogP contribution is -2.50. The van der Waals surface area contributed by atoms with Gasteiger partial charge in [0.2, 0.25) is 0 Å². The highest BCUT2D eigenvalue weighted by atomic mass is 32.1. The number of nitrogens with one attached hydrogen (secondary N) is 1. The Balaban J connectivity index is 2.62. The highest BCUT2D eigenvalue weighted by molar-refractivity contribution is 7.80. The number of nitrogens with zero attached hydrogens (tertiary/aromatic N) is 1. The molecule has 1 heterocycles. The molecule has 1 saturated heterocycles. The molecule has 5 nitrogen and oxygen atoms in total. The molecule has 0 aromatic heterocycles. The predicted octanol–water partition coefficient (Wildman–Crippen LogP) is -0.0380. The van der Waals surface area contributed by atoms with Gasteiger partial charge in [0, 0.05) is 6.04 Å². The van der Waals surface area contributed by atoms with E-state index in [0.717, 1.165) is 30.8 Å². The first-order chi connectivity index (χ1) is 6.13. The minimum Gasteiger partial charge on any atom is -0.465 e. The molecule has 0 aliphatic carbocycles. The maximum absolute atomic E-state index is 10.8. The standard InChI is InChI=1S/C7H13N3O2S/c8-6(13)10(7(11)12)5-1-3-9-4-2-5/h5,9H,1-4H2,(H2,8,13)(H,11,12). The lowest BCUT2D eigenvalue weighted by atomic mass is 10.1. The Morgan fingerprint density at radius 2 is 2.08 bits per heavy atom. The number of rotatable bonds is 1. The zero-order chi connectivity index (χ0) is 9.84. The van der Waals surface area contributed by atoms with E-state index in [1.807, 2.05) is 0 Å². The summed E-state index contributed by atoms with van der Waals surface area (Å²) in [7, 11) is 0. The zero-order valence-corrected chi connectivity index (χ0v) is 8.01. The van der Waals surface area contributed by atoms with Crippen molar-refractivity contribution in [3.63, 3.8) is 0 Å². The molecule has 0 atom stereocenters. The summed E-state index contributed by atoms with van der Waals surface area (Å²) >= 11 is 4.68. The van der Waals surface area contributed by atoms with Gasteiger partial charge in [-0.05, 0) is 38.1 Å². The summed E-state index contributed by atoms with van der Waals surface area (Å²) in [4.78, 5) is 11.9. The number of carbonyl (C=O) groups is 1. The first-order valence-corrected chi connectivity index (χ1v) is 4.56. The van der Waals surface area contributed by atoms with Crippen LogP contribution in [0.2, 0.25) is 0 Å². The van der Waals surface area contributed by atoms with Crippen LogP contribution in [0, 0.1) is 0 Å². The van der Waals surface area contributed by atoms with E-state index in [4.69, 9.17) is 10.8 Å². The third kappa shape index (κ3) is 2.53. The largest absolute Gasteiger partial charge is 0.465 e. The van der Waals surface area contributed by atoms with E-state index in [2.05, 4.69) is 17.5 Å². The summed E-state index contributed by atoms with van der Waals surface area (Å²) in [6.45, 7) is 1.63. The van der Waals surface area contributed by atoms with E-state index in [1.54, 1.807) is 0 Å². The van der Waals surface area contributed by atoms with E-state index in [1.165, 1.54) is 0 Å².